The summed E-state index contributed by atoms with van der Waals surface area (Å²) < 4.78 is 63.8. The zero-order valence-electron chi connectivity index (χ0n) is 22.2. The topological polar surface area (TPSA) is 75.7 Å². The van der Waals surface area contributed by atoms with E-state index < -0.39 is 39.3 Å². The summed E-state index contributed by atoms with van der Waals surface area (Å²) in [5, 5.41) is 3.51. The molecular formula is C30H25Cl3F2N2O4S. The first-order valence-corrected chi connectivity index (χ1v) is 15.3. The molecule has 0 aliphatic heterocycles. The van der Waals surface area contributed by atoms with E-state index in [1.165, 1.54) is 24.3 Å². The number of hydrogen-bond donors (Lipinski definition) is 1. The van der Waals surface area contributed by atoms with Crippen molar-refractivity contribution in [2.75, 3.05) is 17.5 Å². The van der Waals surface area contributed by atoms with Crippen LogP contribution < -0.4 is 14.4 Å². The van der Waals surface area contributed by atoms with Crippen LogP contribution in [0.3, 0.4) is 0 Å². The minimum atomic E-state index is -4.40. The van der Waals surface area contributed by atoms with Crippen molar-refractivity contribution in [1.29, 1.82) is 0 Å². The Hall–Kier alpha value is -3.37. The zero-order chi connectivity index (χ0) is 30.4. The van der Waals surface area contributed by atoms with Crippen LogP contribution in [0.1, 0.15) is 35.3 Å². The molecule has 4 aromatic rings. The van der Waals surface area contributed by atoms with Crippen LogP contribution in [-0.4, -0.2) is 27.5 Å². The van der Waals surface area contributed by atoms with Gasteiger partial charge in [-0.1, -0.05) is 59.1 Å². The number of sulfonamides is 1. The highest BCUT2D eigenvalue weighted by atomic mass is 35.5. The third kappa shape index (κ3) is 7.15. The summed E-state index contributed by atoms with van der Waals surface area (Å²) in [4.78, 5) is 12.3. The van der Waals surface area contributed by atoms with Gasteiger partial charge in [0.15, 0.2) is 0 Å². The van der Waals surface area contributed by atoms with Crippen molar-refractivity contribution in [1.82, 2.24) is 5.32 Å². The first-order chi connectivity index (χ1) is 20.0. The molecule has 0 fully saturated rings. The Labute approximate surface area is 257 Å². The van der Waals surface area contributed by atoms with Crippen LogP contribution in [0.15, 0.2) is 89.8 Å². The molecule has 0 aromatic heterocycles. The van der Waals surface area contributed by atoms with Crippen LogP contribution in [0.2, 0.25) is 15.1 Å². The lowest BCUT2D eigenvalue weighted by atomic mass is 10.1. The average Bonchev–Trinajstić information content (AvgIpc) is 2.95. The van der Waals surface area contributed by atoms with Crippen molar-refractivity contribution in [2.24, 2.45) is 0 Å². The van der Waals surface area contributed by atoms with Crippen LogP contribution in [0.25, 0.3) is 0 Å². The predicted octanol–water partition coefficient (Wildman–Crippen LogP) is 8.08. The summed E-state index contributed by atoms with van der Waals surface area (Å²) in [6.45, 7) is 1.94. The van der Waals surface area contributed by atoms with E-state index in [2.05, 4.69) is 5.32 Å². The molecule has 220 valence electrons. The number of amides is 1. The first kappa shape index (κ1) is 31.6. The van der Waals surface area contributed by atoms with Crippen molar-refractivity contribution < 1.29 is 26.7 Å². The maximum absolute atomic E-state index is 15.1. The SMILES string of the molecule is CC(c1ccccc1OCCCNC(=O)c1c(Cl)cccc1Cl)N(c1cc(F)ccc1F)S(=O)(=O)c1ccc(Cl)cc1. The second-order valence-corrected chi connectivity index (χ2v) is 12.2. The van der Waals surface area contributed by atoms with Crippen molar-refractivity contribution in [3.8, 4) is 5.75 Å². The van der Waals surface area contributed by atoms with Gasteiger partial charge in [-0.05, 0) is 67.9 Å². The van der Waals surface area contributed by atoms with Crippen LogP contribution in [0.5, 0.6) is 5.75 Å². The lowest BCUT2D eigenvalue weighted by Crippen LogP contribution is -2.34. The van der Waals surface area contributed by atoms with Crippen LogP contribution in [0, 0.1) is 11.6 Å². The van der Waals surface area contributed by atoms with Gasteiger partial charge < -0.3 is 10.1 Å². The average molecular weight is 654 g/mol. The van der Waals surface area contributed by atoms with Gasteiger partial charge in [0.2, 0.25) is 0 Å². The van der Waals surface area contributed by atoms with E-state index in [1.807, 2.05) is 0 Å². The number of benzene rings is 4. The number of halogens is 5. The summed E-state index contributed by atoms with van der Waals surface area (Å²) in [5.74, 6) is -1.83. The van der Waals surface area contributed by atoms with E-state index >= 15 is 4.39 Å². The highest BCUT2D eigenvalue weighted by molar-refractivity contribution is 7.92. The summed E-state index contributed by atoms with van der Waals surface area (Å²) >= 11 is 18.1. The Morgan fingerprint density at radius 1 is 0.929 bits per heavy atom. The van der Waals surface area contributed by atoms with Gasteiger partial charge in [0, 0.05) is 23.2 Å². The molecular weight excluding hydrogens is 629 g/mol. The van der Waals surface area contributed by atoms with Gasteiger partial charge in [0.1, 0.15) is 17.4 Å². The van der Waals surface area contributed by atoms with E-state index in [9.17, 15) is 17.6 Å². The molecule has 1 N–H and O–H groups in total. The highest BCUT2D eigenvalue weighted by Gasteiger charge is 2.34. The van der Waals surface area contributed by atoms with Crippen LogP contribution in [-0.2, 0) is 10.0 Å². The molecule has 0 heterocycles. The van der Waals surface area contributed by atoms with Gasteiger partial charge in [0.05, 0.1) is 38.8 Å². The smallest absolute Gasteiger partial charge is 0.264 e. The Morgan fingerprint density at radius 3 is 2.29 bits per heavy atom. The fourth-order valence-electron chi connectivity index (χ4n) is 4.26. The monoisotopic (exact) mass is 652 g/mol. The van der Waals surface area contributed by atoms with Crippen molar-refractivity contribution >= 4 is 56.4 Å². The molecule has 42 heavy (non-hydrogen) atoms. The molecule has 0 radical (unpaired) electrons. The van der Waals surface area contributed by atoms with E-state index in [1.54, 1.807) is 49.4 Å². The molecule has 1 unspecified atom stereocenters. The largest absolute Gasteiger partial charge is 0.493 e. The predicted molar refractivity (Wildman–Crippen MR) is 161 cm³/mol. The fraction of sp³-hybridized carbons (Fsp3) is 0.167. The number of hydrogen-bond acceptors (Lipinski definition) is 4. The number of nitrogens with one attached hydrogen (secondary N) is 1. The third-order valence-corrected chi connectivity index (χ3v) is 9.07. The van der Waals surface area contributed by atoms with E-state index in [0.29, 0.717) is 22.8 Å². The molecule has 0 aliphatic rings. The Bertz CT molecular complexity index is 1670. The fourth-order valence-corrected chi connectivity index (χ4v) is 6.59. The molecule has 0 saturated carbocycles. The number of carbonyl (C=O) groups is 1. The zero-order valence-corrected chi connectivity index (χ0v) is 25.2. The summed E-state index contributed by atoms with van der Waals surface area (Å²) in [7, 11) is -4.40. The van der Waals surface area contributed by atoms with E-state index in [-0.39, 0.29) is 33.7 Å². The number of ether oxygens (including phenoxy) is 1. The number of nitrogens with zero attached hydrogens (tertiary/aromatic N) is 1. The van der Waals surface area contributed by atoms with Gasteiger partial charge >= 0.3 is 0 Å². The molecule has 0 aliphatic carbocycles. The van der Waals surface area contributed by atoms with Gasteiger partial charge in [-0.25, -0.2) is 17.2 Å². The van der Waals surface area contributed by atoms with E-state index in [4.69, 9.17) is 39.5 Å². The minimum absolute atomic E-state index is 0.151. The molecule has 0 spiro atoms. The van der Waals surface area contributed by atoms with Gasteiger partial charge in [-0.15, -0.1) is 0 Å². The maximum atomic E-state index is 15.1. The molecule has 0 saturated heterocycles. The van der Waals surface area contributed by atoms with Crippen LogP contribution in [0.4, 0.5) is 14.5 Å². The quantitative estimate of drug-likeness (QED) is 0.166. The number of carbonyl (C=O) groups excluding carboxylic acids is 1. The van der Waals surface area contributed by atoms with Crippen LogP contribution >= 0.6 is 34.8 Å². The summed E-state index contributed by atoms with van der Waals surface area (Å²) in [6.07, 6.45) is 0.391. The molecule has 6 nitrogen and oxygen atoms in total. The minimum Gasteiger partial charge on any atom is -0.493 e. The second-order valence-electron chi connectivity index (χ2n) is 9.12. The van der Waals surface area contributed by atoms with Gasteiger partial charge in [0.25, 0.3) is 15.9 Å². The number of rotatable bonds is 11. The third-order valence-electron chi connectivity index (χ3n) is 6.29. The Morgan fingerprint density at radius 2 is 1.60 bits per heavy atom. The second kappa shape index (κ2) is 13.7. The summed E-state index contributed by atoms with van der Waals surface area (Å²) in [5.41, 5.74) is 0.117. The Kier molecular flexibility index (Phi) is 10.3. The molecule has 1 amide bonds. The lowest BCUT2D eigenvalue weighted by molar-refractivity contribution is 0.0952. The van der Waals surface area contributed by atoms with Gasteiger partial charge in [-0.3, -0.25) is 9.10 Å². The Balaban J connectivity index is 1.56. The maximum Gasteiger partial charge on any atom is 0.264 e. The molecule has 12 heteroatoms. The molecule has 0 bridgehead atoms. The van der Waals surface area contributed by atoms with Crippen molar-refractivity contribution in [3.05, 3.63) is 123 Å². The van der Waals surface area contributed by atoms with Crippen molar-refractivity contribution in [2.45, 2.75) is 24.3 Å². The molecule has 4 aromatic carbocycles. The number of para-hydroxylation sites is 1. The molecule has 4 rings (SSSR count). The molecule has 1 atom stereocenters. The van der Waals surface area contributed by atoms with Crippen molar-refractivity contribution in [3.63, 3.8) is 0 Å². The van der Waals surface area contributed by atoms with Gasteiger partial charge in [-0.2, -0.15) is 0 Å². The first-order valence-electron chi connectivity index (χ1n) is 12.7. The normalized spacial score (nSPS) is 12.0. The lowest BCUT2D eigenvalue weighted by Gasteiger charge is -2.32. The standard InChI is InChI=1S/C30H25Cl3F2N2O4S/c1-19(37(27-18-21(34)12-15-26(27)35)42(39,40)22-13-10-20(31)11-14-22)23-6-2-3-9-28(23)41-17-5-16-36-30(38)29-24(32)7-4-8-25(29)33/h2-4,6-15,18-19H,5,16-17H2,1H3,(H,36,38). The number of anilines is 1. The summed E-state index contributed by atoms with van der Waals surface area (Å²) in [6, 6.07) is 18.4. The van der Waals surface area contributed by atoms with E-state index in [0.717, 1.165) is 22.5 Å². The highest BCUT2D eigenvalue weighted by Crippen LogP contribution is 2.38.